The summed E-state index contributed by atoms with van der Waals surface area (Å²) in [4.78, 5) is 12.4. The Morgan fingerprint density at radius 1 is 1.06 bits per heavy atom. The number of carbonyl (C=O) groups is 1. The second-order valence-electron chi connectivity index (χ2n) is 6.83. The molecule has 4 rings (SSSR count). The third-order valence-electron chi connectivity index (χ3n) is 4.67. The van der Waals surface area contributed by atoms with Crippen molar-refractivity contribution < 1.29 is 9.53 Å². The van der Waals surface area contributed by atoms with Crippen LogP contribution in [0.25, 0.3) is 22.6 Å². The van der Waals surface area contributed by atoms with Gasteiger partial charge in [-0.1, -0.05) is 54.2 Å². The summed E-state index contributed by atoms with van der Waals surface area (Å²) in [5.74, 6) is 1.36. The van der Waals surface area contributed by atoms with E-state index in [2.05, 4.69) is 20.6 Å². The SMILES string of the molecule is COc1ccccc1NC(=O)CSc1nnc(-c2cn(C)nc2-c2ccccc2)n1C. The van der Waals surface area contributed by atoms with Gasteiger partial charge in [0.2, 0.25) is 5.91 Å². The lowest BCUT2D eigenvalue weighted by molar-refractivity contribution is -0.113. The van der Waals surface area contributed by atoms with E-state index in [1.54, 1.807) is 23.9 Å². The van der Waals surface area contributed by atoms with Gasteiger partial charge < -0.3 is 14.6 Å². The van der Waals surface area contributed by atoms with Crippen LogP contribution < -0.4 is 10.1 Å². The molecule has 2 aromatic heterocycles. The second kappa shape index (κ2) is 9.05. The zero-order valence-corrected chi connectivity index (χ0v) is 18.3. The van der Waals surface area contributed by atoms with Crippen molar-refractivity contribution in [1.82, 2.24) is 24.5 Å². The quantitative estimate of drug-likeness (QED) is 0.447. The minimum Gasteiger partial charge on any atom is -0.495 e. The first-order valence-electron chi connectivity index (χ1n) is 9.61. The van der Waals surface area contributed by atoms with Gasteiger partial charge in [-0.15, -0.1) is 10.2 Å². The fourth-order valence-corrected chi connectivity index (χ4v) is 3.91. The van der Waals surface area contributed by atoms with Gasteiger partial charge in [0.05, 0.1) is 24.1 Å². The number of nitrogens with zero attached hydrogens (tertiary/aromatic N) is 5. The fraction of sp³-hybridized carbons (Fsp3) is 0.182. The molecule has 0 saturated carbocycles. The van der Waals surface area contributed by atoms with Gasteiger partial charge in [0.25, 0.3) is 0 Å². The Labute approximate surface area is 184 Å². The number of hydrogen-bond donors (Lipinski definition) is 1. The number of hydrogen-bond acceptors (Lipinski definition) is 6. The number of carbonyl (C=O) groups excluding carboxylic acids is 1. The van der Waals surface area contributed by atoms with Gasteiger partial charge in [-0.25, -0.2) is 0 Å². The van der Waals surface area contributed by atoms with Crippen molar-refractivity contribution in [3.05, 3.63) is 60.8 Å². The van der Waals surface area contributed by atoms with Gasteiger partial charge in [0.15, 0.2) is 11.0 Å². The minimum absolute atomic E-state index is 0.148. The molecule has 4 aromatic rings. The van der Waals surface area contributed by atoms with Crippen LogP contribution in [0.3, 0.4) is 0 Å². The van der Waals surface area contributed by atoms with Crippen LogP contribution in [0.1, 0.15) is 0 Å². The van der Waals surface area contributed by atoms with E-state index in [0.717, 1.165) is 16.8 Å². The lowest BCUT2D eigenvalue weighted by Crippen LogP contribution is -2.15. The molecule has 0 fully saturated rings. The summed E-state index contributed by atoms with van der Waals surface area (Å²) < 4.78 is 8.92. The Kier molecular flexibility index (Phi) is 6.03. The average Bonchev–Trinajstić information content (AvgIpc) is 3.35. The number of benzene rings is 2. The lowest BCUT2D eigenvalue weighted by atomic mass is 10.1. The molecular formula is C22H22N6O2S. The predicted molar refractivity (Wildman–Crippen MR) is 121 cm³/mol. The van der Waals surface area contributed by atoms with Gasteiger partial charge in [0, 0.05) is 25.9 Å². The van der Waals surface area contributed by atoms with Gasteiger partial charge in [0.1, 0.15) is 11.4 Å². The molecule has 31 heavy (non-hydrogen) atoms. The summed E-state index contributed by atoms with van der Waals surface area (Å²) >= 11 is 1.32. The van der Waals surface area contributed by atoms with E-state index in [0.29, 0.717) is 22.4 Å². The molecule has 0 spiro atoms. The molecule has 0 saturated heterocycles. The van der Waals surface area contributed by atoms with Crippen molar-refractivity contribution in [3.8, 4) is 28.4 Å². The average molecular weight is 435 g/mol. The number of methoxy groups -OCH3 is 1. The number of rotatable bonds is 7. The molecule has 0 aliphatic carbocycles. The maximum Gasteiger partial charge on any atom is 0.234 e. The summed E-state index contributed by atoms with van der Waals surface area (Å²) in [6.07, 6.45) is 1.93. The molecule has 2 heterocycles. The number of ether oxygens (including phenoxy) is 1. The Hall–Kier alpha value is -3.59. The van der Waals surface area contributed by atoms with Crippen LogP contribution in [0.4, 0.5) is 5.69 Å². The maximum atomic E-state index is 12.4. The molecule has 2 aromatic carbocycles. The molecular weight excluding hydrogens is 412 g/mol. The lowest BCUT2D eigenvalue weighted by Gasteiger charge is -2.09. The zero-order chi connectivity index (χ0) is 21.8. The molecule has 9 heteroatoms. The van der Waals surface area contributed by atoms with Crippen LogP contribution in [0.2, 0.25) is 0 Å². The van der Waals surface area contributed by atoms with Crippen LogP contribution in [0.5, 0.6) is 5.75 Å². The standard InChI is InChI=1S/C22H22N6O2S/c1-27-13-16(20(26-27)15-9-5-4-6-10-15)21-24-25-22(28(21)2)31-14-19(29)23-17-11-7-8-12-18(17)30-3/h4-13H,14H2,1-3H3,(H,23,29). The molecule has 0 radical (unpaired) electrons. The van der Waals surface area contributed by atoms with Gasteiger partial charge >= 0.3 is 0 Å². The Balaban J connectivity index is 1.50. The first-order chi connectivity index (χ1) is 15.1. The predicted octanol–water partition coefficient (Wildman–Crippen LogP) is 3.62. The fourth-order valence-electron chi connectivity index (χ4n) is 3.20. The van der Waals surface area contributed by atoms with Crippen LogP contribution in [-0.2, 0) is 18.9 Å². The molecule has 8 nitrogen and oxygen atoms in total. The summed E-state index contributed by atoms with van der Waals surface area (Å²) in [6.45, 7) is 0. The smallest absolute Gasteiger partial charge is 0.234 e. The van der Waals surface area contributed by atoms with Crippen molar-refractivity contribution in [3.63, 3.8) is 0 Å². The number of amides is 1. The summed E-state index contributed by atoms with van der Waals surface area (Å²) in [7, 11) is 5.34. The first-order valence-corrected chi connectivity index (χ1v) is 10.6. The number of thioether (sulfide) groups is 1. The number of nitrogens with one attached hydrogen (secondary N) is 1. The van der Waals surface area contributed by atoms with E-state index in [-0.39, 0.29) is 11.7 Å². The Bertz CT molecular complexity index is 1200. The van der Waals surface area contributed by atoms with Crippen molar-refractivity contribution in [2.24, 2.45) is 14.1 Å². The highest BCUT2D eigenvalue weighted by Crippen LogP contribution is 2.31. The maximum absolute atomic E-state index is 12.4. The van der Waals surface area contributed by atoms with Gasteiger partial charge in [-0.2, -0.15) is 5.10 Å². The monoisotopic (exact) mass is 434 g/mol. The second-order valence-corrected chi connectivity index (χ2v) is 7.78. The normalized spacial score (nSPS) is 10.8. The molecule has 1 N–H and O–H groups in total. The molecule has 0 atom stereocenters. The molecule has 0 aliphatic heterocycles. The molecule has 1 amide bonds. The van der Waals surface area contributed by atoms with E-state index >= 15 is 0 Å². The van der Waals surface area contributed by atoms with Crippen molar-refractivity contribution >= 4 is 23.4 Å². The topological polar surface area (TPSA) is 86.9 Å². The highest BCUT2D eigenvalue weighted by Gasteiger charge is 2.19. The van der Waals surface area contributed by atoms with E-state index in [1.807, 2.05) is 67.3 Å². The van der Waals surface area contributed by atoms with Gasteiger partial charge in [-0.3, -0.25) is 9.48 Å². The summed E-state index contributed by atoms with van der Waals surface area (Å²) in [6, 6.07) is 17.3. The number of anilines is 1. The van der Waals surface area contributed by atoms with Crippen molar-refractivity contribution in [2.45, 2.75) is 5.16 Å². The van der Waals surface area contributed by atoms with Crippen LogP contribution >= 0.6 is 11.8 Å². The largest absolute Gasteiger partial charge is 0.495 e. The third-order valence-corrected chi connectivity index (χ3v) is 5.69. The Morgan fingerprint density at radius 2 is 1.81 bits per heavy atom. The number of aromatic nitrogens is 5. The molecule has 0 aliphatic rings. The molecule has 0 unspecified atom stereocenters. The van der Waals surface area contributed by atoms with Crippen LogP contribution in [0.15, 0.2) is 66.0 Å². The summed E-state index contributed by atoms with van der Waals surface area (Å²) in [5.41, 5.74) is 3.36. The minimum atomic E-state index is -0.148. The first kappa shape index (κ1) is 20.7. The molecule has 0 bridgehead atoms. The Morgan fingerprint density at radius 3 is 2.58 bits per heavy atom. The number of aryl methyl sites for hydroxylation is 1. The highest BCUT2D eigenvalue weighted by atomic mass is 32.2. The van der Waals surface area contributed by atoms with Crippen molar-refractivity contribution in [2.75, 3.05) is 18.2 Å². The van der Waals surface area contributed by atoms with Gasteiger partial charge in [-0.05, 0) is 12.1 Å². The third kappa shape index (κ3) is 4.46. The zero-order valence-electron chi connectivity index (χ0n) is 17.4. The van der Waals surface area contributed by atoms with E-state index in [4.69, 9.17) is 4.74 Å². The van der Waals surface area contributed by atoms with E-state index < -0.39 is 0 Å². The highest BCUT2D eigenvalue weighted by molar-refractivity contribution is 7.99. The van der Waals surface area contributed by atoms with E-state index in [1.165, 1.54) is 11.8 Å². The van der Waals surface area contributed by atoms with Crippen molar-refractivity contribution in [1.29, 1.82) is 0 Å². The van der Waals surface area contributed by atoms with E-state index in [9.17, 15) is 4.79 Å². The number of para-hydroxylation sites is 2. The molecule has 158 valence electrons. The van der Waals surface area contributed by atoms with Crippen LogP contribution in [-0.4, -0.2) is 43.3 Å². The van der Waals surface area contributed by atoms with Crippen LogP contribution in [0, 0.1) is 0 Å². The summed E-state index contributed by atoms with van der Waals surface area (Å²) in [5, 5.41) is 16.8.